The lowest BCUT2D eigenvalue weighted by molar-refractivity contribution is -0.139. The molecule has 0 aromatic carbocycles. The minimum absolute atomic E-state index is 0.0605. The second-order valence-corrected chi connectivity index (χ2v) is 6.18. The number of amides is 3. The van der Waals surface area contributed by atoms with E-state index in [1.807, 2.05) is 4.90 Å². The maximum atomic E-state index is 11.9. The predicted octanol–water partition coefficient (Wildman–Crippen LogP) is 1.42. The van der Waals surface area contributed by atoms with Crippen molar-refractivity contribution in [3.05, 3.63) is 0 Å². The van der Waals surface area contributed by atoms with Gasteiger partial charge in [0.05, 0.1) is 0 Å². The largest absolute Gasteiger partial charge is 0.342 e. The summed E-state index contributed by atoms with van der Waals surface area (Å²) < 4.78 is 0. The molecule has 2 rings (SSSR count). The fourth-order valence-electron chi connectivity index (χ4n) is 2.95. The van der Waals surface area contributed by atoms with Crippen molar-refractivity contribution in [3.63, 3.8) is 0 Å². The molecule has 1 unspecified atom stereocenters. The Morgan fingerprint density at radius 3 is 2.55 bits per heavy atom. The van der Waals surface area contributed by atoms with Crippen molar-refractivity contribution in [2.75, 3.05) is 19.6 Å². The zero-order valence-corrected chi connectivity index (χ0v) is 12.4. The van der Waals surface area contributed by atoms with Crippen LogP contribution in [0.4, 0.5) is 0 Å². The van der Waals surface area contributed by atoms with Gasteiger partial charge in [-0.2, -0.15) is 0 Å². The summed E-state index contributed by atoms with van der Waals surface area (Å²) in [5.41, 5.74) is 0. The molecular weight excluding hydrogens is 256 g/mol. The Morgan fingerprint density at radius 2 is 2.00 bits per heavy atom. The van der Waals surface area contributed by atoms with Crippen molar-refractivity contribution < 1.29 is 14.4 Å². The normalized spacial score (nSPS) is 26.7. The number of likely N-dealkylation sites (tertiary alicyclic amines) is 2. The first-order chi connectivity index (χ1) is 9.49. The molecule has 0 N–H and O–H groups in total. The average molecular weight is 280 g/mol. The Hall–Kier alpha value is -1.39. The van der Waals surface area contributed by atoms with E-state index in [1.54, 1.807) is 6.92 Å². The molecule has 0 aromatic heterocycles. The highest BCUT2D eigenvalue weighted by Gasteiger charge is 2.34. The third-order valence-electron chi connectivity index (χ3n) is 4.27. The summed E-state index contributed by atoms with van der Waals surface area (Å²) in [5.74, 6) is 0.522. The Balaban J connectivity index is 1.65. The molecule has 2 heterocycles. The molecule has 2 saturated heterocycles. The van der Waals surface area contributed by atoms with Gasteiger partial charge in [-0.25, -0.2) is 0 Å². The quantitative estimate of drug-likeness (QED) is 0.565. The van der Waals surface area contributed by atoms with Crippen LogP contribution in [0.5, 0.6) is 0 Å². The van der Waals surface area contributed by atoms with Crippen LogP contribution < -0.4 is 0 Å². The minimum atomic E-state index is -0.171. The van der Waals surface area contributed by atoms with Crippen molar-refractivity contribution in [1.82, 2.24) is 9.80 Å². The second kappa shape index (κ2) is 6.37. The molecule has 2 aliphatic heterocycles. The number of rotatable bonds is 5. The van der Waals surface area contributed by atoms with Gasteiger partial charge in [0.25, 0.3) is 0 Å². The third kappa shape index (κ3) is 3.38. The Kier molecular flexibility index (Phi) is 4.78. The zero-order valence-electron chi connectivity index (χ0n) is 12.4. The van der Waals surface area contributed by atoms with Gasteiger partial charge in [0.15, 0.2) is 0 Å². The second-order valence-electron chi connectivity index (χ2n) is 6.18. The van der Waals surface area contributed by atoms with Crippen LogP contribution in [0.15, 0.2) is 0 Å². The molecule has 3 amide bonds. The fraction of sp³-hybridized carbons (Fsp3) is 0.800. The number of carbonyl (C=O) groups is 3. The van der Waals surface area contributed by atoms with E-state index in [0.717, 1.165) is 32.4 Å². The van der Waals surface area contributed by atoms with Crippen LogP contribution in [0.3, 0.4) is 0 Å². The predicted molar refractivity (Wildman–Crippen MR) is 74.7 cm³/mol. The highest BCUT2D eigenvalue weighted by atomic mass is 16.2. The maximum Gasteiger partial charge on any atom is 0.232 e. The molecule has 5 heteroatoms. The summed E-state index contributed by atoms with van der Waals surface area (Å²) in [6, 6.07) is 0. The lowest BCUT2D eigenvalue weighted by Gasteiger charge is -2.17. The van der Waals surface area contributed by atoms with Crippen LogP contribution in [-0.2, 0) is 14.4 Å². The standard InChI is InChI=1S/C15H24N2O3/c1-11-6-8-16(10-11)13(18)5-3-4-7-17-14(19)9-12(2)15(17)20/h11-12H,3-10H2,1-2H3/t11-,12?/m0/s1. The molecule has 0 aliphatic carbocycles. The van der Waals surface area contributed by atoms with Crippen molar-refractivity contribution in [2.45, 2.75) is 46.0 Å². The first-order valence-corrected chi connectivity index (χ1v) is 7.61. The first kappa shape index (κ1) is 15.0. The fourth-order valence-corrected chi connectivity index (χ4v) is 2.95. The zero-order chi connectivity index (χ0) is 14.7. The summed E-state index contributed by atoms with van der Waals surface area (Å²) in [6.07, 6.45) is 3.43. The van der Waals surface area contributed by atoms with Crippen LogP contribution in [0.25, 0.3) is 0 Å². The van der Waals surface area contributed by atoms with Crippen LogP contribution >= 0.6 is 0 Å². The number of nitrogens with zero attached hydrogens (tertiary/aromatic N) is 2. The van der Waals surface area contributed by atoms with Gasteiger partial charge in [0.2, 0.25) is 17.7 Å². The molecular formula is C15H24N2O3. The summed E-state index contributed by atoms with van der Waals surface area (Å²) in [4.78, 5) is 38.5. The maximum absolute atomic E-state index is 11.9. The Bertz CT molecular complexity index is 408. The van der Waals surface area contributed by atoms with E-state index < -0.39 is 0 Å². The average Bonchev–Trinajstić information content (AvgIpc) is 2.92. The minimum Gasteiger partial charge on any atom is -0.342 e. The molecule has 0 spiro atoms. The monoisotopic (exact) mass is 280 g/mol. The van der Waals surface area contributed by atoms with Crippen molar-refractivity contribution in [2.24, 2.45) is 11.8 Å². The van der Waals surface area contributed by atoms with Gasteiger partial charge < -0.3 is 4.90 Å². The number of imide groups is 1. The van der Waals surface area contributed by atoms with E-state index in [4.69, 9.17) is 0 Å². The van der Waals surface area contributed by atoms with Crippen molar-refractivity contribution in [3.8, 4) is 0 Å². The van der Waals surface area contributed by atoms with E-state index in [1.165, 1.54) is 4.90 Å². The van der Waals surface area contributed by atoms with Crippen LogP contribution in [0.1, 0.15) is 46.0 Å². The molecule has 5 nitrogen and oxygen atoms in total. The Morgan fingerprint density at radius 1 is 1.25 bits per heavy atom. The molecule has 0 aromatic rings. The highest BCUT2D eigenvalue weighted by molar-refractivity contribution is 6.03. The molecule has 0 saturated carbocycles. The summed E-state index contributed by atoms with van der Waals surface area (Å²) >= 11 is 0. The van der Waals surface area contributed by atoms with E-state index in [2.05, 4.69) is 6.92 Å². The van der Waals surface area contributed by atoms with Crippen LogP contribution in [0, 0.1) is 11.8 Å². The smallest absolute Gasteiger partial charge is 0.232 e. The van der Waals surface area contributed by atoms with Gasteiger partial charge in [-0.1, -0.05) is 13.8 Å². The Labute approximate surface area is 120 Å². The van der Waals surface area contributed by atoms with Gasteiger partial charge in [0.1, 0.15) is 0 Å². The molecule has 112 valence electrons. The summed E-state index contributed by atoms with van der Waals surface area (Å²) in [7, 11) is 0. The van der Waals surface area contributed by atoms with Gasteiger partial charge in [0, 0.05) is 38.4 Å². The molecule has 2 aliphatic rings. The molecule has 0 radical (unpaired) electrons. The molecule has 20 heavy (non-hydrogen) atoms. The number of unbranched alkanes of at least 4 members (excludes halogenated alkanes) is 1. The van der Waals surface area contributed by atoms with Crippen molar-refractivity contribution in [1.29, 1.82) is 0 Å². The lowest BCUT2D eigenvalue weighted by Crippen LogP contribution is -2.32. The number of hydrogen-bond acceptors (Lipinski definition) is 3. The van der Waals surface area contributed by atoms with Gasteiger partial charge in [-0.3, -0.25) is 19.3 Å². The number of carbonyl (C=O) groups excluding carboxylic acids is 3. The van der Waals surface area contributed by atoms with E-state index in [9.17, 15) is 14.4 Å². The third-order valence-corrected chi connectivity index (χ3v) is 4.27. The van der Waals surface area contributed by atoms with E-state index in [-0.39, 0.29) is 23.6 Å². The van der Waals surface area contributed by atoms with Gasteiger partial charge in [-0.15, -0.1) is 0 Å². The molecule has 2 atom stereocenters. The summed E-state index contributed by atoms with van der Waals surface area (Å²) in [6.45, 7) is 6.17. The van der Waals surface area contributed by atoms with Crippen LogP contribution in [0.2, 0.25) is 0 Å². The van der Waals surface area contributed by atoms with Gasteiger partial charge in [-0.05, 0) is 25.2 Å². The SMILES string of the molecule is CC1CC(=O)N(CCCCC(=O)N2CC[C@H](C)C2)C1=O. The molecule has 2 fully saturated rings. The highest BCUT2D eigenvalue weighted by Crippen LogP contribution is 2.20. The summed E-state index contributed by atoms with van der Waals surface area (Å²) in [5, 5.41) is 0. The van der Waals surface area contributed by atoms with E-state index >= 15 is 0 Å². The first-order valence-electron chi connectivity index (χ1n) is 7.61. The van der Waals surface area contributed by atoms with Crippen LogP contribution in [-0.4, -0.2) is 47.2 Å². The van der Waals surface area contributed by atoms with Gasteiger partial charge >= 0.3 is 0 Å². The lowest BCUT2D eigenvalue weighted by atomic mass is 10.1. The topological polar surface area (TPSA) is 57.7 Å². The van der Waals surface area contributed by atoms with Crippen molar-refractivity contribution >= 4 is 17.7 Å². The molecule has 0 bridgehead atoms. The number of hydrogen-bond donors (Lipinski definition) is 0. The van der Waals surface area contributed by atoms with E-state index in [0.29, 0.717) is 25.3 Å².